The minimum Gasteiger partial charge on any atom is -0.354 e. The number of aliphatic imine (C=N–C) groups is 1. The summed E-state index contributed by atoms with van der Waals surface area (Å²) in [7, 11) is 1.72. The van der Waals surface area contributed by atoms with E-state index in [1.165, 1.54) is 19.3 Å². The van der Waals surface area contributed by atoms with E-state index in [0.29, 0.717) is 18.0 Å². The molecule has 20 heavy (non-hydrogen) atoms. The molecule has 3 N–H and O–H groups in total. The Balaban J connectivity index is 0.00000361. The van der Waals surface area contributed by atoms with Crippen molar-refractivity contribution in [2.24, 2.45) is 4.99 Å². The number of hydrogen-bond donors (Lipinski definition) is 3. The van der Waals surface area contributed by atoms with Gasteiger partial charge in [0.2, 0.25) is 5.91 Å². The van der Waals surface area contributed by atoms with Crippen molar-refractivity contribution in [1.82, 2.24) is 16.0 Å². The van der Waals surface area contributed by atoms with E-state index >= 15 is 0 Å². The minimum atomic E-state index is 0. The Kier molecular flexibility index (Phi) is 10.9. The summed E-state index contributed by atoms with van der Waals surface area (Å²) in [6, 6.07) is 0.722. The molecule has 0 bridgehead atoms. The van der Waals surface area contributed by atoms with Gasteiger partial charge in [0.05, 0.1) is 6.54 Å². The molecule has 5 nitrogen and oxygen atoms in total. The monoisotopic (exact) mass is 396 g/mol. The zero-order valence-electron chi connectivity index (χ0n) is 12.9. The molecule has 1 atom stereocenters. The SMILES string of the molecule is CCC(C)NC(=NC)NCC(=O)NC1CCCCC1.I. The summed E-state index contributed by atoms with van der Waals surface area (Å²) >= 11 is 0. The van der Waals surface area contributed by atoms with Crippen LogP contribution in [0.25, 0.3) is 0 Å². The van der Waals surface area contributed by atoms with E-state index in [1.807, 2.05) is 0 Å². The molecule has 0 aromatic carbocycles. The molecule has 6 heteroatoms. The molecular weight excluding hydrogens is 367 g/mol. The number of hydrogen-bond acceptors (Lipinski definition) is 2. The summed E-state index contributed by atoms with van der Waals surface area (Å²) in [5.41, 5.74) is 0. The Morgan fingerprint density at radius 3 is 2.50 bits per heavy atom. The van der Waals surface area contributed by atoms with Crippen LogP contribution >= 0.6 is 24.0 Å². The fourth-order valence-corrected chi connectivity index (χ4v) is 2.22. The van der Waals surface area contributed by atoms with Crippen molar-refractivity contribution < 1.29 is 4.79 Å². The van der Waals surface area contributed by atoms with Crippen molar-refractivity contribution in [1.29, 1.82) is 0 Å². The highest BCUT2D eigenvalue weighted by atomic mass is 127. The van der Waals surface area contributed by atoms with Crippen LogP contribution in [0, 0.1) is 0 Å². The summed E-state index contributed by atoms with van der Waals surface area (Å²) in [6.45, 7) is 4.49. The Morgan fingerprint density at radius 2 is 1.95 bits per heavy atom. The average molecular weight is 396 g/mol. The average Bonchev–Trinajstić information content (AvgIpc) is 2.44. The van der Waals surface area contributed by atoms with Crippen molar-refractivity contribution in [3.05, 3.63) is 0 Å². The zero-order valence-corrected chi connectivity index (χ0v) is 15.2. The molecule has 0 aromatic heterocycles. The zero-order chi connectivity index (χ0) is 14.1. The van der Waals surface area contributed by atoms with Gasteiger partial charge in [-0.2, -0.15) is 0 Å². The van der Waals surface area contributed by atoms with Crippen molar-refractivity contribution in [3.63, 3.8) is 0 Å². The lowest BCUT2D eigenvalue weighted by molar-refractivity contribution is -0.120. The number of halogens is 1. The van der Waals surface area contributed by atoms with Crippen LogP contribution in [0.3, 0.4) is 0 Å². The van der Waals surface area contributed by atoms with Gasteiger partial charge in [0.25, 0.3) is 0 Å². The normalized spacial score (nSPS) is 17.9. The molecule has 1 amide bonds. The fourth-order valence-electron chi connectivity index (χ4n) is 2.22. The quantitative estimate of drug-likeness (QED) is 0.379. The van der Waals surface area contributed by atoms with Crippen LogP contribution < -0.4 is 16.0 Å². The van der Waals surface area contributed by atoms with Gasteiger partial charge in [-0.3, -0.25) is 9.79 Å². The summed E-state index contributed by atoms with van der Waals surface area (Å²) in [6.07, 6.45) is 7.02. The number of carbonyl (C=O) groups excluding carboxylic acids is 1. The molecule has 0 saturated heterocycles. The van der Waals surface area contributed by atoms with Gasteiger partial charge in [-0.05, 0) is 26.2 Å². The van der Waals surface area contributed by atoms with Crippen LogP contribution in [0.4, 0.5) is 0 Å². The highest BCUT2D eigenvalue weighted by Crippen LogP contribution is 2.16. The van der Waals surface area contributed by atoms with Crippen molar-refractivity contribution in [2.75, 3.05) is 13.6 Å². The van der Waals surface area contributed by atoms with Gasteiger partial charge in [0, 0.05) is 19.1 Å². The molecule has 1 unspecified atom stereocenters. The summed E-state index contributed by atoms with van der Waals surface area (Å²) in [5.74, 6) is 0.743. The molecule has 1 aliphatic carbocycles. The first-order valence-corrected chi connectivity index (χ1v) is 7.42. The van der Waals surface area contributed by atoms with Gasteiger partial charge in [0.15, 0.2) is 5.96 Å². The summed E-state index contributed by atoms with van der Waals surface area (Å²) in [4.78, 5) is 15.9. The fraction of sp³-hybridized carbons (Fsp3) is 0.857. The first-order valence-electron chi connectivity index (χ1n) is 7.42. The minimum absolute atomic E-state index is 0. The maximum atomic E-state index is 11.8. The lowest BCUT2D eigenvalue weighted by atomic mass is 9.95. The number of carbonyl (C=O) groups is 1. The van der Waals surface area contributed by atoms with Gasteiger partial charge in [-0.1, -0.05) is 26.2 Å². The van der Waals surface area contributed by atoms with Crippen molar-refractivity contribution in [2.45, 2.75) is 64.5 Å². The molecule has 1 rings (SSSR count). The van der Waals surface area contributed by atoms with Crippen LogP contribution in [0.5, 0.6) is 0 Å². The van der Waals surface area contributed by atoms with Gasteiger partial charge in [0.1, 0.15) is 0 Å². The number of nitrogens with zero attached hydrogens (tertiary/aromatic N) is 1. The largest absolute Gasteiger partial charge is 0.354 e. The van der Waals surface area contributed by atoms with E-state index in [1.54, 1.807) is 7.05 Å². The Bertz CT molecular complexity index is 304. The highest BCUT2D eigenvalue weighted by Gasteiger charge is 2.15. The standard InChI is InChI=1S/C14H28N4O.HI/c1-4-11(2)17-14(15-3)16-10-13(19)18-12-8-6-5-7-9-12;/h11-12H,4-10H2,1-3H3,(H,18,19)(H2,15,16,17);1H. The molecule has 1 saturated carbocycles. The first-order chi connectivity index (χ1) is 9.15. The van der Waals surface area contributed by atoms with Gasteiger partial charge >= 0.3 is 0 Å². The molecule has 0 heterocycles. The molecule has 0 aliphatic heterocycles. The second kappa shape index (κ2) is 11.2. The molecule has 1 aliphatic rings. The summed E-state index contributed by atoms with van der Waals surface area (Å²) < 4.78 is 0. The van der Waals surface area contributed by atoms with Gasteiger partial charge in [-0.15, -0.1) is 24.0 Å². The second-order valence-electron chi connectivity index (χ2n) is 5.28. The Labute approximate surface area is 139 Å². The first kappa shape index (κ1) is 19.5. The molecule has 0 spiro atoms. The predicted octanol–water partition coefficient (Wildman–Crippen LogP) is 2.02. The maximum absolute atomic E-state index is 11.8. The third-order valence-electron chi connectivity index (χ3n) is 3.61. The third-order valence-corrected chi connectivity index (χ3v) is 3.61. The molecule has 1 fully saturated rings. The Hall–Kier alpha value is -0.530. The lowest BCUT2D eigenvalue weighted by Gasteiger charge is -2.23. The predicted molar refractivity (Wildman–Crippen MR) is 94.7 cm³/mol. The van der Waals surface area contributed by atoms with E-state index in [-0.39, 0.29) is 36.4 Å². The number of amides is 1. The highest BCUT2D eigenvalue weighted by molar-refractivity contribution is 14.0. The van der Waals surface area contributed by atoms with Crippen molar-refractivity contribution >= 4 is 35.8 Å². The van der Waals surface area contributed by atoms with E-state index in [4.69, 9.17) is 0 Å². The van der Waals surface area contributed by atoms with Crippen LogP contribution in [-0.2, 0) is 4.79 Å². The summed E-state index contributed by atoms with van der Waals surface area (Å²) in [5, 5.41) is 9.37. The van der Waals surface area contributed by atoms with Gasteiger partial charge < -0.3 is 16.0 Å². The van der Waals surface area contributed by atoms with Crippen LogP contribution in [0.1, 0.15) is 52.4 Å². The van der Waals surface area contributed by atoms with Gasteiger partial charge in [-0.25, -0.2) is 0 Å². The van der Waals surface area contributed by atoms with E-state index in [9.17, 15) is 4.79 Å². The topological polar surface area (TPSA) is 65.5 Å². The van der Waals surface area contributed by atoms with Crippen LogP contribution in [0.15, 0.2) is 4.99 Å². The molecule has 0 aromatic rings. The molecular formula is C14H29IN4O. The molecule has 0 radical (unpaired) electrons. The number of rotatable bonds is 5. The number of nitrogens with one attached hydrogen (secondary N) is 3. The Morgan fingerprint density at radius 1 is 1.30 bits per heavy atom. The van der Waals surface area contributed by atoms with Crippen LogP contribution in [0.2, 0.25) is 0 Å². The van der Waals surface area contributed by atoms with E-state index in [2.05, 4.69) is 34.8 Å². The lowest BCUT2D eigenvalue weighted by Crippen LogP contribution is -2.47. The second-order valence-corrected chi connectivity index (χ2v) is 5.28. The van der Waals surface area contributed by atoms with E-state index in [0.717, 1.165) is 19.3 Å². The molecule has 118 valence electrons. The van der Waals surface area contributed by atoms with Crippen molar-refractivity contribution in [3.8, 4) is 0 Å². The maximum Gasteiger partial charge on any atom is 0.239 e. The third kappa shape index (κ3) is 7.91. The smallest absolute Gasteiger partial charge is 0.239 e. The van der Waals surface area contributed by atoms with E-state index < -0.39 is 0 Å². The number of guanidine groups is 1. The van der Waals surface area contributed by atoms with Crippen LogP contribution in [-0.4, -0.2) is 37.5 Å².